The lowest BCUT2D eigenvalue weighted by molar-refractivity contribution is -0.156. The van der Waals surface area contributed by atoms with Crippen molar-refractivity contribution in [3.63, 3.8) is 0 Å². The second-order valence-corrected chi connectivity index (χ2v) is 10.6. The number of benzene rings is 1. The summed E-state index contributed by atoms with van der Waals surface area (Å²) >= 11 is 3.37. The summed E-state index contributed by atoms with van der Waals surface area (Å²) in [6, 6.07) is 4.33. The summed E-state index contributed by atoms with van der Waals surface area (Å²) < 4.78 is 6.59. The van der Waals surface area contributed by atoms with Crippen molar-refractivity contribution in [1.82, 2.24) is 10.6 Å². The number of carboxylic acids is 1. The lowest BCUT2D eigenvalue weighted by atomic mass is 9.94. The van der Waals surface area contributed by atoms with Crippen LogP contribution < -0.4 is 16.4 Å². The van der Waals surface area contributed by atoms with Crippen molar-refractivity contribution in [3.8, 4) is 0 Å². The third-order valence-electron chi connectivity index (χ3n) is 6.56. The molecule has 0 heterocycles. The number of hydrogen-bond acceptors (Lipinski definition) is 6. The van der Waals surface area contributed by atoms with E-state index in [1.165, 1.54) is 6.92 Å². The molecule has 208 valence electrons. The van der Waals surface area contributed by atoms with Gasteiger partial charge >= 0.3 is 11.9 Å². The molecule has 0 aromatic heterocycles. The van der Waals surface area contributed by atoms with Gasteiger partial charge < -0.3 is 26.2 Å². The minimum Gasteiger partial charge on any atom is -0.480 e. The first kappa shape index (κ1) is 32.6. The number of aliphatic carboxylic acids is 1. The van der Waals surface area contributed by atoms with Crippen LogP contribution in [0.5, 0.6) is 0 Å². The Morgan fingerprint density at radius 1 is 1.03 bits per heavy atom. The number of ether oxygens (including phenoxy) is 1. The van der Waals surface area contributed by atoms with Crippen molar-refractivity contribution in [2.24, 2.45) is 17.6 Å². The number of hydrogen-bond donors (Lipinski definition) is 4. The van der Waals surface area contributed by atoms with Crippen LogP contribution in [0.15, 0.2) is 28.7 Å². The maximum Gasteiger partial charge on any atom is 0.325 e. The van der Waals surface area contributed by atoms with Crippen LogP contribution in [-0.2, 0) is 30.3 Å². The molecule has 0 fully saturated rings. The fourth-order valence-electron chi connectivity index (χ4n) is 3.66. The Hall–Kier alpha value is -2.46. The first-order chi connectivity index (χ1) is 17.4. The van der Waals surface area contributed by atoms with Crippen molar-refractivity contribution in [2.75, 3.05) is 0 Å². The molecule has 37 heavy (non-hydrogen) atoms. The monoisotopic (exact) mass is 583 g/mol. The molecule has 9 nitrogen and oxygen atoms in total. The van der Waals surface area contributed by atoms with E-state index < -0.39 is 48.0 Å². The van der Waals surface area contributed by atoms with Crippen LogP contribution >= 0.6 is 15.9 Å². The molecule has 0 bridgehead atoms. The number of halogens is 1. The van der Waals surface area contributed by atoms with Crippen LogP contribution in [0, 0.1) is 11.8 Å². The molecule has 0 aliphatic heterocycles. The molecule has 5 N–H and O–H groups in total. The average molecular weight is 585 g/mol. The Kier molecular flexibility index (Phi) is 14.4. The standard InChI is InChI=1S/C27H42BrN3O6/c1-6-8-9-17(4)22(37-27(36)24(29)16(3)7-2)15-23(32)31-21(25(33)30-18(5)26(34)35)14-19-10-12-20(28)13-11-19/h10-13,16-18,21-22,24H,6-9,14-15,29H2,1-5H3,(H,30,33)(H,31,32)(H,34,35)/t16-,17-,18-,21?,22-,24+/m0/s1. The zero-order valence-corrected chi connectivity index (χ0v) is 24.0. The zero-order chi connectivity index (χ0) is 28.1. The normalized spacial score (nSPS) is 16.0. The molecule has 6 atom stereocenters. The van der Waals surface area contributed by atoms with Crippen molar-refractivity contribution in [3.05, 3.63) is 34.3 Å². The predicted octanol–water partition coefficient (Wildman–Crippen LogP) is 3.57. The fraction of sp³-hybridized carbons (Fsp3) is 0.630. The summed E-state index contributed by atoms with van der Waals surface area (Å²) in [4.78, 5) is 50.0. The van der Waals surface area contributed by atoms with E-state index in [4.69, 9.17) is 10.5 Å². The minimum atomic E-state index is -1.18. The van der Waals surface area contributed by atoms with E-state index in [0.29, 0.717) is 6.42 Å². The highest BCUT2D eigenvalue weighted by molar-refractivity contribution is 9.10. The third kappa shape index (κ3) is 11.6. The Morgan fingerprint density at radius 2 is 1.65 bits per heavy atom. The maximum absolute atomic E-state index is 13.1. The highest BCUT2D eigenvalue weighted by Crippen LogP contribution is 2.20. The molecule has 2 amide bonds. The van der Waals surface area contributed by atoms with Crippen molar-refractivity contribution in [2.45, 2.75) is 97.4 Å². The van der Waals surface area contributed by atoms with Gasteiger partial charge in [-0.05, 0) is 42.9 Å². The third-order valence-corrected chi connectivity index (χ3v) is 7.09. The largest absolute Gasteiger partial charge is 0.480 e. The molecule has 1 aromatic carbocycles. The second kappa shape index (κ2) is 16.4. The molecule has 1 aromatic rings. The molecule has 10 heteroatoms. The quantitative estimate of drug-likeness (QED) is 0.217. The lowest BCUT2D eigenvalue weighted by Crippen LogP contribution is -2.52. The average Bonchev–Trinajstić information content (AvgIpc) is 2.86. The van der Waals surface area contributed by atoms with E-state index in [1.807, 2.05) is 45.0 Å². The van der Waals surface area contributed by atoms with Gasteiger partial charge in [0.15, 0.2) is 0 Å². The topological polar surface area (TPSA) is 148 Å². The number of amides is 2. The molecule has 0 spiro atoms. The molecule has 0 saturated carbocycles. The Morgan fingerprint density at radius 3 is 2.19 bits per heavy atom. The van der Waals surface area contributed by atoms with Gasteiger partial charge in [-0.3, -0.25) is 19.2 Å². The summed E-state index contributed by atoms with van der Waals surface area (Å²) in [5.41, 5.74) is 6.84. The molecule has 0 aliphatic carbocycles. The number of nitrogens with two attached hydrogens (primary N) is 1. The second-order valence-electron chi connectivity index (χ2n) is 9.73. The van der Waals surface area contributed by atoms with Crippen LogP contribution in [0.4, 0.5) is 0 Å². The number of carbonyl (C=O) groups is 4. The molecular weight excluding hydrogens is 542 g/mol. The van der Waals surface area contributed by atoms with Gasteiger partial charge in [0.05, 0.1) is 6.42 Å². The number of carbonyl (C=O) groups excluding carboxylic acids is 3. The summed E-state index contributed by atoms with van der Waals surface area (Å²) in [6.45, 7) is 9.15. The molecule has 1 unspecified atom stereocenters. The number of nitrogens with one attached hydrogen (secondary N) is 2. The van der Waals surface area contributed by atoms with Gasteiger partial charge in [0.2, 0.25) is 11.8 Å². The number of unbranched alkanes of at least 4 members (excludes halogenated alkanes) is 1. The van der Waals surface area contributed by atoms with E-state index in [9.17, 15) is 24.3 Å². The summed E-state index contributed by atoms with van der Waals surface area (Å²) in [5, 5.41) is 14.3. The van der Waals surface area contributed by atoms with E-state index in [1.54, 1.807) is 0 Å². The van der Waals surface area contributed by atoms with Gasteiger partial charge in [-0.15, -0.1) is 0 Å². The number of esters is 1. The Bertz CT molecular complexity index is 895. The van der Waals surface area contributed by atoms with Gasteiger partial charge in [-0.2, -0.15) is 0 Å². The highest BCUT2D eigenvalue weighted by Gasteiger charge is 2.31. The van der Waals surface area contributed by atoms with Gasteiger partial charge in [-0.25, -0.2) is 0 Å². The summed E-state index contributed by atoms with van der Waals surface area (Å²) in [6.07, 6.45) is 2.67. The van der Waals surface area contributed by atoms with Gasteiger partial charge in [0.1, 0.15) is 24.2 Å². The van der Waals surface area contributed by atoms with Crippen LogP contribution in [-0.4, -0.2) is 53.1 Å². The van der Waals surface area contributed by atoms with Crippen LogP contribution in [0.1, 0.15) is 72.3 Å². The van der Waals surface area contributed by atoms with Crippen LogP contribution in [0.2, 0.25) is 0 Å². The first-order valence-electron chi connectivity index (χ1n) is 12.9. The van der Waals surface area contributed by atoms with E-state index in [-0.39, 0.29) is 24.7 Å². The van der Waals surface area contributed by atoms with Crippen molar-refractivity contribution in [1.29, 1.82) is 0 Å². The van der Waals surface area contributed by atoms with E-state index in [2.05, 4.69) is 33.5 Å². The van der Waals surface area contributed by atoms with Crippen molar-refractivity contribution < 1.29 is 29.0 Å². The fourth-order valence-corrected chi connectivity index (χ4v) is 3.93. The molecular formula is C27H42BrN3O6. The summed E-state index contributed by atoms with van der Waals surface area (Å²) in [5.74, 6) is -2.98. The minimum absolute atomic E-state index is 0.0665. The Balaban J connectivity index is 3.05. The van der Waals surface area contributed by atoms with Gasteiger partial charge in [0.25, 0.3) is 0 Å². The SMILES string of the molecule is CCCC[C@H](C)[C@H](CC(=O)NC(Cc1ccc(Br)cc1)C(=O)N[C@@H](C)C(=O)O)OC(=O)[C@H](N)[C@@H](C)CC. The molecule has 0 aliphatic rings. The molecule has 0 saturated heterocycles. The molecule has 0 radical (unpaired) electrons. The van der Waals surface area contributed by atoms with Gasteiger partial charge in [0, 0.05) is 10.9 Å². The zero-order valence-electron chi connectivity index (χ0n) is 22.5. The smallest absolute Gasteiger partial charge is 0.325 e. The lowest BCUT2D eigenvalue weighted by Gasteiger charge is -2.27. The van der Waals surface area contributed by atoms with Crippen LogP contribution in [0.3, 0.4) is 0 Å². The number of carboxylic acid groups (broad SMARTS) is 1. The maximum atomic E-state index is 13.1. The van der Waals surface area contributed by atoms with Gasteiger partial charge in [-0.1, -0.05) is 75.0 Å². The first-order valence-corrected chi connectivity index (χ1v) is 13.7. The Labute approximate surface area is 228 Å². The van der Waals surface area contributed by atoms with E-state index >= 15 is 0 Å². The number of rotatable bonds is 16. The van der Waals surface area contributed by atoms with E-state index in [0.717, 1.165) is 29.3 Å². The predicted molar refractivity (Wildman–Crippen MR) is 146 cm³/mol. The highest BCUT2D eigenvalue weighted by atomic mass is 79.9. The van der Waals surface area contributed by atoms with Crippen LogP contribution in [0.25, 0.3) is 0 Å². The summed E-state index contributed by atoms with van der Waals surface area (Å²) in [7, 11) is 0. The molecule has 1 rings (SSSR count). The van der Waals surface area contributed by atoms with Crippen molar-refractivity contribution >= 4 is 39.7 Å².